The van der Waals surface area contributed by atoms with E-state index in [9.17, 15) is 4.39 Å². The fraction of sp³-hybridized carbons (Fsp3) is 0.0769. The lowest BCUT2D eigenvalue weighted by Crippen LogP contribution is -2.02. The molecule has 0 spiro atoms. The van der Waals surface area contributed by atoms with Crippen molar-refractivity contribution in [3.8, 4) is 0 Å². The van der Waals surface area contributed by atoms with Gasteiger partial charge in [-0.3, -0.25) is 0 Å². The van der Waals surface area contributed by atoms with Gasteiger partial charge >= 0.3 is 0 Å². The minimum absolute atomic E-state index is 0.0807. The molecule has 1 nitrogen and oxygen atoms in total. The largest absolute Gasteiger partial charge is 0.378 e. The quantitative estimate of drug-likeness (QED) is 0.800. The van der Waals surface area contributed by atoms with Gasteiger partial charge in [-0.1, -0.05) is 40.9 Å². The molecule has 0 fully saturated rings. The highest BCUT2D eigenvalue weighted by atomic mass is 35.5. The van der Waals surface area contributed by atoms with Gasteiger partial charge in [-0.05, 0) is 35.9 Å². The summed E-state index contributed by atoms with van der Waals surface area (Å²) in [6.07, 6.45) is 0. The van der Waals surface area contributed by atoms with Crippen LogP contribution in [0.1, 0.15) is 5.56 Å². The second-order valence-electron chi connectivity index (χ2n) is 3.69. The molecular weight excluding hydrogens is 296 g/mol. The van der Waals surface area contributed by atoms with Crippen molar-refractivity contribution in [1.29, 1.82) is 0 Å². The highest BCUT2D eigenvalue weighted by Gasteiger charge is 2.07. The van der Waals surface area contributed by atoms with Gasteiger partial charge in [0.15, 0.2) is 5.82 Å². The number of anilines is 1. The molecule has 5 heteroatoms. The number of rotatable bonds is 3. The molecule has 0 aliphatic rings. The van der Waals surface area contributed by atoms with Gasteiger partial charge in [0.05, 0.1) is 10.7 Å². The van der Waals surface area contributed by atoms with Gasteiger partial charge in [0.25, 0.3) is 0 Å². The van der Waals surface area contributed by atoms with E-state index in [1.165, 1.54) is 6.07 Å². The summed E-state index contributed by atoms with van der Waals surface area (Å²) in [4.78, 5) is 0. The van der Waals surface area contributed by atoms with Crippen LogP contribution in [0, 0.1) is 5.82 Å². The first-order valence-corrected chi connectivity index (χ1v) is 6.33. The average molecular weight is 305 g/mol. The van der Waals surface area contributed by atoms with E-state index in [2.05, 4.69) is 5.32 Å². The van der Waals surface area contributed by atoms with E-state index in [0.717, 1.165) is 5.56 Å². The zero-order chi connectivity index (χ0) is 13.1. The van der Waals surface area contributed by atoms with Gasteiger partial charge in [0.2, 0.25) is 0 Å². The van der Waals surface area contributed by atoms with Crippen molar-refractivity contribution in [1.82, 2.24) is 0 Å². The lowest BCUT2D eigenvalue weighted by molar-refractivity contribution is 0.630. The van der Waals surface area contributed by atoms with Crippen molar-refractivity contribution < 1.29 is 4.39 Å². The molecule has 0 saturated heterocycles. The maximum atomic E-state index is 13.6. The number of nitrogens with one attached hydrogen (secondary N) is 1. The highest BCUT2D eigenvalue weighted by Crippen LogP contribution is 2.25. The molecule has 0 unspecified atom stereocenters. The monoisotopic (exact) mass is 303 g/mol. The smallest absolute Gasteiger partial charge is 0.164 e. The van der Waals surface area contributed by atoms with Crippen LogP contribution in [0.4, 0.5) is 10.1 Å². The van der Waals surface area contributed by atoms with Gasteiger partial charge in [0.1, 0.15) is 0 Å². The first-order valence-electron chi connectivity index (χ1n) is 5.20. The lowest BCUT2D eigenvalue weighted by Gasteiger charge is -2.10. The molecule has 0 aliphatic carbocycles. The van der Waals surface area contributed by atoms with Crippen molar-refractivity contribution in [2.24, 2.45) is 0 Å². The summed E-state index contributed by atoms with van der Waals surface area (Å²) in [6, 6.07) is 9.92. The predicted octanol–water partition coefficient (Wildman–Crippen LogP) is 5.40. The summed E-state index contributed by atoms with van der Waals surface area (Å²) in [5.74, 6) is -0.475. The van der Waals surface area contributed by atoms with Crippen molar-refractivity contribution in [2.75, 3.05) is 5.32 Å². The summed E-state index contributed by atoms with van der Waals surface area (Å²) in [6.45, 7) is 0.372. The molecule has 0 bridgehead atoms. The molecule has 0 aliphatic heterocycles. The highest BCUT2D eigenvalue weighted by molar-refractivity contribution is 6.33. The number of hydrogen-bond donors (Lipinski definition) is 1. The van der Waals surface area contributed by atoms with Crippen LogP contribution in [0.15, 0.2) is 36.4 Å². The van der Waals surface area contributed by atoms with E-state index in [1.54, 1.807) is 30.3 Å². The Hall–Kier alpha value is -0.960. The van der Waals surface area contributed by atoms with E-state index in [0.29, 0.717) is 22.3 Å². The Balaban J connectivity index is 2.16. The van der Waals surface area contributed by atoms with E-state index in [-0.39, 0.29) is 5.02 Å². The molecule has 1 N–H and O–H groups in total. The molecule has 0 amide bonds. The van der Waals surface area contributed by atoms with Crippen LogP contribution in [-0.4, -0.2) is 0 Å². The van der Waals surface area contributed by atoms with Crippen LogP contribution in [0.3, 0.4) is 0 Å². The Kier molecular flexibility index (Phi) is 4.33. The van der Waals surface area contributed by atoms with Crippen molar-refractivity contribution in [3.63, 3.8) is 0 Å². The van der Waals surface area contributed by atoms with Gasteiger partial charge in [-0.15, -0.1) is 0 Å². The summed E-state index contributed by atoms with van der Waals surface area (Å²) < 4.78 is 13.6. The molecule has 2 rings (SSSR count). The molecule has 2 aromatic rings. The molecule has 0 aromatic heterocycles. The second-order valence-corrected chi connectivity index (χ2v) is 4.94. The van der Waals surface area contributed by atoms with Crippen molar-refractivity contribution in [2.45, 2.75) is 6.54 Å². The summed E-state index contributed by atoms with van der Waals surface area (Å²) in [5, 5.41) is 4.18. The number of hydrogen-bond acceptors (Lipinski definition) is 1. The second kappa shape index (κ2) is 5.79. The molecule has 0 saturated carbocycles. The van der Waals surface area contributed by atoms with Gasteiger partial charge in [-0.2, -0.15) is 0 Å². The summed E-state index contributed by atoms with van der Waals surface area (Å²) in [5.41, 5.74) is 1.13. The lowest BCUT2D eigenvalue weighted by atomic mass is 10.2. The zero-order valence-electron chi connectivity index (χ0n) is 9.18. The van der Waals surface area contributed by atoms with Crippen molar-refractivity contribution >= 4 is 40.5 Å². The van der Waals surface area contributed by atoms with E-state index in [4.69, 9.17) is 34.8 Å². The fourth-order valence-corrected chi connectivity index (χ4v) is 2.06. The van der Waals surface area contributed by atoms with Gasteiger partial charge in [0, 0.05) is 16.6 Å². The van der Waals surface area contributed by atoms with E-state index < -0.39 is 5.82 Å². The zero-order valence-corrected chi connectivity index (χ0v) is 11.5. The van der Waals surface area contributed by atoms with E-state index >= 15 is 0 Å². The Bertz CT molecular complexity index is 570. The van der Waals surface area contributed by atoms with Crippen LogP contribution >= 0.6 is 34.8 Å². The van der Waals surface area contributed by atoms with Crippen LogP contribution in [0.5, 0.6) is 0 Å². The molecule has 0 heterocycles. The Morgan fingerprint density at radius 1 is 1.00 bits per heavy atom. The Morgan fingerprint density at radius 3 is 2.56 bits per heavy atom. The Morgan fingerprint density at radius 2 is 1.78 bits per heavy atom. The van der Waals surface area contributed by atoms with Crippen LogP contribution in [0.25, 0.3) is 0 Å². The third-order valence-corrected chi connectivity index (χ3v) is 3.32. The Labute approximate surface area is 119 Å². The third kappa shape index (κ3) is 3.08. The third-order valence-electron chi connectivity index (χ3n) is 2.43. The van der Waals surface area contributed by atoms with Gasteiger partial charge < -0.3 is 5.32 Å². The van der Waals surface area contributed by atoms with Crippen molar-refractivity contribution in [3.05, 3.63) is 62.8 Å². The molecule has 0 atom stereocenters. The fourth-order valence-electron chi connectivity index (χ4n) is 1.51. The van der Waals surface area contributed by atoms with Gasteiger partial charge in [-0.25, -0.2) is 4.39 Å². The topological polar surface area (TPSA) is 12.0 Å². The summed E-state index contributed by atoms with van der Waals surface area (Å²) in [7, 11) is 0. The summed E-state index contributed by atoms with van der Waals surface area (Å²) >= 11 is 17.6. The van der Waals surface area contributed by atoms with Crippen LogP contribution in [-0.2, 0) is 6.54 Å². The maximum absolute atomic E-state index is 13.6. The molecular formula is C13H9Cl3FN. The SMILES string of the molecule is Fc1c(Cl)cccc1NCc1cc(Cl)ccc1Cl. The first-order chi connectivity index (χ1) is 8.58. The minimum Gasteiger partial charge on any atom is -0.378 e. The number of halogens is 4. The minimum atomic E-state index is -0.475. The van der Waals surface area contributed by atoms with Crippen LogP contribution in [0.2, 0.25) is 15.1 Å². The van der Waals surface area contributed by atoms with E-state index in [1.807, 2.05) is 0 Å². The molecule has 94 valence electrons. The normalized spacial score (nSPS) is 10.4. The standard InChI is InChI=1S/C13H9Cl3FN/c14-9-4-5-10(15)8(6-9)7-18-12-3-1-2-11(16)13(12)17/h1-6,18H,7H2. The first kappa shape index (κ1) is 13.5. The molecule has 0 radical (unpaired) electrons. The predicted molar refractivity (Wildman–Crippen MR) is 75.2 cm³/mol. The molecule has 18 heavy (non-hydrogen) atoms. The van der Waals surface area contributed by atoms with Crippen LogP contribution < -0.4 is 5.32 Å². The average Bonchev–Trinajstić information content (AvgIpc) is 2.35. The molecule has 2 aromatic carbocycles. The maximum Gasteiger partial charge on any atom is 0.164 e. The number of benzene rings is 2.